The summed E-state index contributed by atoms with van der Waals surface area (Å²) in [6.45, 7) is 7.45. The van der Waals surface area contributed by atoms with Gasteiger partial charge >= 0.3 is 0 Å². The highest BCUT2D eigenvalue weighted by atomic mass is 19.1. The molecule has 0 aliphatic heterocycles. The zero-order valence-electron chi connectivity index (χ0n) is 26.1. The lowest BCUT2D eigenvalue weighted by atomic mass is 9.63. The molecule has 0 saturated carbocycles. The molecule has 9 heteroatoms. The lowest BCUT2D eigenvalue weighted by molar-refractivity contribution is -0.132. The Morgan fingerprint density at radius 3 is 2.36 bits per heavy atom. The van der Waals surface area contributed by atoms with E-state index in [9.17, 15) is 23.5 Å². The molecule has 1 unspecified atom stereocenters. The van der Waals surface area contributed by atoms with Gasteiger partial charge in [-0.15, -0.1) is 0 Å². The van der Waals surface area contributed by atoms with E-state index in [-0.39, 0.29) is 30.9 Å². The predicted molar refractivity (Wildman–Crippen MR) is 169 cm³/mol. The molecule has 2 amide bonds. The van der Waals surface area contributed by atoms with Gasteiger partial charge in [-0.3, -0.25) is 9.59 Å². The number of carbonyl (C=O) groups is 2. The molecule has 1 aliphatic rings. The molecule has 0 saturated heterocycles. The van der Waals surface area contributed by atoms with E-state index in [1.165, 1.54) is 12.1 Å². The van der Waals surface area contributed by atoms with Gasteiger partial charge in [-0.2, -0.15) is 0 Å². The standard InChI is InChI=1S/C35H44F2N4O3/c1-5-11-41(12-6-2)33(43)26-13-23(3)19-35(20-26,34(38)44)30(16-24-14-27(36)18-28(37)15-24)32(42)22-39-21-29-17-25-9-7-8-10-31(25)40(29)4/h7-10,13-15,17-19,30,32,39,42H,5-6,11-12,16,20-22H2,1-4H3,(H2,38,44)/t30-,32+,35?/m1/s1. The zero-order chi connectivity index (χ0) is 32.0. The maximum absolute atomic E-state index is 14.3. The Morgan fingerprint density at radius 2 is 1.75 bits per heavy atom. The number of primary amides is 1. The van der Waals surface area contributed by atoms with Crippen molar-refractivity contribution in [1.82, 2.24) is 14.8 Å². The average Bonchev–Trinajstić information content (AvgIpc) is 3.29. The van der Waals surface area contributed by atoms with Crippen molar-refractivity contribution in [3.05, 3.63) is 94.7 Å². The van der Waals surface area contributed by atoms with Gasteiger partial charge in [0.2, 0.25) is 11.8 Å². The first kappa shape index (κ1) is 33.1. The van der Waals surface area contributed by atoms with Crippen LogP contribution in [0.4, 0.5) is 8.78 Å². The number of para-hydroxylation sites is 1. The molecule has 3 atom stereocenters. The quantitative estimate of drug-likeness (QED) is 0.236. The van der Waals surface area contributed by atoms with E-state index in [2.05, 4.69) is 16.0 Å². The minimum Gasteiger partial charge on any atom is -0.391 e. The number of hydrogen-bond donors (Lipinski definition) is 3. The Morgan fingerprint density at radius 1 is 1.09 bits per heavy atom. The summed E-state index contributed by atoms with van der Waals surface area (Å²) in [6.07, 6.45) is 3.84. The highest BCUT2D eigenvalue weighted by molar-refractivity contribution is 5.97. The Hall–Kier alpha value is -3.82. The third kappa shape index (κ3) is 7.27. The summed E-state index contributed by atoms with van der Waals surface area (Å²) in [5.41, 5.74) is 8.12. The Kier molecular flexibility index (Phi) is 10.8. The summed E-state index contributed by atoms with van der Waals surface area (Å²) in [5.74, 6) is -3.28. The van der Waals surface area contributed by atoms with Gasteiger partial charge in [0.05, 0.1) is 11.5 Å². The van der Waals surface area contributed by atoms with Crippen LogP contribution < -0.4 is 11.1 Å². The third-order valence-corrected chi connectivity index (χ3v) is 8.59. The van der Waals surface area contributed by atoms with Crippen molar-refractivity contribution in [2.24, 2.45) is 24.1 Å². The van der Waals surface area contributed by atoms with Gasteiger partial charge in [0.1, 0.15) is 11.6 Å². The lowest BCUT2D eigenvalue weighted by Crippen LogP contribution is -2.51. The van der Waals surface area contributed by atoms with Crippen molar-refractivity contribution in [2.45, 2.75) is 59.1 Å². The van der Waals surface area contributed by atoms with Gasteiger partial charge in [0, 0.05) is 62.0 Å². The monoisotopic (exact) mass is 606 g/mol. The number of aliphatic hydroxyl groups is 1. The van der Waals surface area contributed by atoms with E-state index in [0.29, 0.717) is 30.8 Å². The molecule has 4 N–H and O–H groups in total. The number of rotatable bonds is 14. The number of hydrogen-bond acceptors (Lipinski definition) is 4. The number of aryl methyl sites for hydroxylation is 1. The Balaban J connectivity index is 1.67. The van der Waals surface area contributed by atoms with Crippen molar-refractivity contribution in [3.8, 4) is 0 Å². The molecule has 7 nitrogen and oxygen atoms in total. The number of aromatic nitrogens is 1. The normalized spacial score (nSPS) is 18.1. The van der Waals surface area contributed by atoms with Crippen molar-refractivity contribution >= 4 is 22.7 Å². The minimum atomic E-state index is -1.47. The SMILES string of the molecule is CCCN(CCC)C(=O)C1=CC(C)=CC(C(N)=O)([C@H](Cc2cc(F)cc(F)c2)[C@@H](O)CNCc2cc3ccccc3n2C)C1. The molecule has 236 valence electrons. The summed E-state index contributed by atoms with van der Waals surface area (Å²) in [4.78, 5) is 28.9. The molecule has 3 aromatic rings. The maximum Gasteiger partial charge on any atom is 0.249 e. The number of benzene rings is 2. The van der Waals surface area contributed by atoms with Gasteiger partial charge in [-0.25, -0.2) is 8.78 Å². The largest absolute Gasteiger partial charge is 0.391 e. The van der Waals surface area contributed by atoms with Gasteiger partial charge in [0.25, 0.3) is 0 Å². The number of nitrogens with two attached hydrogens (primary N) is 1. The number of nitrogens with zero attached hydrogens (tertiary/aromatic N) is 2. The first-order valence-corrected chi connectivity index (χ1v) is 15.3. The van der Waals surface area contributed by atoms with E-state index in [0.717, 1.165) is 35.5 Å². The fraction of sp³-hybridized carbons (Fsp3) is 0.429. The summed E-state index contributed by atoms with van der Waals surface area (Å²) < 4.78 is 30.6. The predicted octanol–water partition coefficient (Wildman–Crippen LogP) is 5.16. The van der Waals surface area contributed by atoms with Crippen LogP contribution in [-0.2, 0) is 29.6 Å². The van der Waals surface area contributed by atoms with Crippen LogP contribution in [0.1, 0.15) is 51.3 Å². The fourth-order valence-electron chi connectivity index (χ4n) is 6.56. The average molecular weight is 607 g/mol. The van der Waals surface area contributed by atoms with Crippen LogP contribution >= 0.6 is 0 Å². The first-order chi connectivity index (χ1) is 21.0. The van der Waals surface area contributed by atoms with E-state index in [1.54, 1.807) is 24.0 Å². The molecule has 1 aromatic heterocycles. The molecule has 0 bridgehead atoms. The second-order valence-electron chi connectivity index (χ2n) is 12.0. The lowest BCUT2D eigenvalue weighted by Gasteiger charge is -2.42. The number of fused-ring (bicyclic) bond motifs is 1. The number of carbonyl (C=O) groups excluding carboxylic acids is 2. The van der Waals surface area contributed by atoms with Gasteiger partial charge in [-0.05, 0) is 67.8 Å². The van der Waals surface area contributed by atoms with E-state index >= 15 is 0 Å². The van der Waals surface area contributed by atoms with Gasteiger partial charge in [-0.1, -0.05) is 49.8 Å². The molecule has 2 aromatic carbocycles. The van der Waals surface area contributed by atoms with Crippen LogP contribution in [0.25, 0.3) is 10.9 Å². The number of halogens is 2. The third-order valence-electron chi connectivity index (χ3n) is 8.59. The minimum absolute atomic E-state index is 0.0227. The highest BCUT2D eigenvalue weighted by Gasteiger charge is 2.48. The molecule has 44 heavy (non-hydrogen) atoms. The number of amides is 2. The van der Waals surface area contributed by atoms with Crippen molar-refractivity contribution < 1.29 is 23.5 Å². The molecule has 0 radical (unpaired) electrons. The molecular formula is C35H44F2N4O3. The summed E-state index contributed by atoms with van der Waals surface area (Å²) in [6, 6.07) is 13.3. The smallest absolute Gasteiger partial charge is 0.249 e. The van der Waals surface area contributed by atoms with Gasteiger partial charge < -0.3 is 25.6 Å². The highest BCUT2D eigenvalue weighted by Crippen LogP contribution is 2.44. The van der Waals surface area contributed by atoms with Crippen LogP contribution in [0, 0.1) is 23.0 Å². The fourth-order valence-corrected chi connectivity index (χ4v) is 6.56. The Labute approximate surface area is 258 Å². The van der Waals surface area contributed by atoms with Gasteiger partial charge in [0.15, 0.2) is 0 Å². The topological polar surface area (TPSA) is 101 Å². The first-order valence-electron chi connectivity index (χ1n) is 15.3. The zero-order valence-corrected chi connectivity index (χ0v) is 26.1. The summed E-state index contributed by atoms with van der Waals surface area (Å²) in [5, 5.41) is 16.1. The van der Waals surface area contributed by atoms with E-state index < -0.39 is 35.0 Å². The molecule has 0 spiro atoms. The number of allylic oxidation sites excluding steroid dienone is 2. The Bertz CT molecular complexity index is 1540. The number of aliphatic hydroxyl groups excluding tert-OH is 1. The van der Waals surface area contributed by atoms with Crippen LogP contribution in [-0.4, -0.2) is 52.1 Å². The van der Waals surface area contributed by atoms with Crippen LogP contribution in [0.15, 0.2) is 71.8 Å². The summed E-state index contributed by atoms with van der Waals surface area (Å²) >= 11 is 0. The number of nitrogens with one attached hydrogen (secondary N) is 1. The molecule has 1 heterocycles. The van der Waals surface area contributed by atoms with Crippen molar-refractivity contribution in [2.75, 3.05) is 19.6 Å². The molecule has 0 fully saturated rings. The van der Waals surface area contributed by atoms with Crippen molar-refractivity contribution in [3.63, 3.8) is 0 Å². The molecule has 4 rings (SSSR count). The van der Waals surface area contributed by atoms with E-state index in [1.807, 2.05) is 45.2 Å². The van der Waals surface area contributed by atoms with Crippen LogP contribution in [0.3, 0.4) is 0 Å². The second kappa shape index (κ2) is 14.3. The van der Waals surface area contributed by atoms with Crippen LogP contribution in [0.5, 0.6) is 0 Å². The molecule has 1 aliphatic carbocycles. The van der Waals surface area contributed by atoms with Crippen LogP contribution in [0.2, 0.25) is 0 Å². The van der Waals surface area contributed by atoms with Crippen molar-refractivity contribution in [1.29, 1.82) is 0 Å². The maximum atomic E-state index is 14.3. The summed E-state index contributed by atoms with van der Waals surface area (Å²) in [7, 11) is 1.97. The second-order valence-corrected chi connectivity index (χ2v) is 12.0. The molecular weight excluding hydrogens is 562 g/mol. The van der Waals surface area contributed by atoms with E-state index in [4.69, 9.17) is 5.73 Å².